The summed E-state index contributed by atoms with van der Waals surface area (Å²) in [5, 5.41) is 12.5. The second-order valence-corrected chi connectivity index (χ2v) is 5.65. The molecule has 1 atom stereocenters. The molecule has 0 aliphatic carbocycles. The quantitative estimate of drug-likeness (QED) is 0.874. The number of urea groups is 1. The van der Waals surface area contributed by atoms with Crippen LogP contribution in [-0.4, -0.2) is 46.5 Å². The van der Waals surface area contributed by atoms with Crippen LogP contribution in [0.25, 0.3) is 10.9 Å². The highest BCUT2D eigenvalue weighted by molar-refractivity contribution is 5.92. The summed E-state index contributed by atoms with van der Waals surface area (Å²) in [6.07, 6.45) is -4.38. The van der Waals surface area contributed by atoms with Crippen molar-refractivity contribution in [1.82, 2.24) is 9.47 Å². The number of aliphatic hydroxyl groups is 1. The zero-order valence-corrected chi connectivity index (χ0v) is 13.5. The van der Waals surface area contributed by atoms with Crippen molar-refractivity contribution in [1.29, 1.82) is 0 Å². The molecule has 2 aromatic rings. The van der Waals surface area contributed by atoms with Gasteiger partial charge in [-0.05, 0) is 30.7 Å². The number of hydrogen-bond acceptors (Lipinski definition) is 2. The number of nitrogens with one attached hydrogen (secondary N) is 1. The summed E-state index contributed by atoms with van der Waals surface area (Å²) in [5.41, 5.74) is 1.51. The third-order valence-electron chi connectivity index (χ3n) is 3.66. The van der Waals surface area contributed by atoms with Crippen molar-refractivity contribution in [2.45, 2.75) is 32.2 Å². The number of rotatable bonds is 5. The molecule has 1 heterocycles. The van der Waals surface area contributed by atoms with Gasteiger partial charge in [0.05, 0.1) is 6.54 Å². The van der Waals surface area contributed by atoms with Gasteiger partial charge in [0.1, 0.15) is 0 Å². The van der Waals surface area contributed by atoms with Gasteiger partial charge in [0.25, 0.3) is 0 Å². The van der Waals surface area contributed by atoms with Gasteiger partial charge in [0.15, 0.2) is 6.10 Å². The normalized spacial score (nSPS) is 13.1. The predicted octanol–water partition coefficient (Wildman–Crippen LogP) is 3.44. The molecule has 8 heteroatoms. The highest BCUT2D eigenvalue weighted by Gasteiger charge is 2.39. The summed E-state index contributed by atoms with van der Waals surface area (Å²) in [7, 11) is 1.19. The van der Waals surface area contributed by atoms with Crippen LogP contribution in [0, 0.1) is 0 Å². The van der Waals surface area contributed by atoms with Gasteiger partial charge >= 0.3 is 12.2 Å². The van der Waals surface area contributed by atoms with Gasteiger partial charge in [-0.25, -0.2) is 4.79 Å². The van der Waals surface area contributed by atoms with Crippen molar-refractivity contribution in [2.75, 3.05) is 18.9 Å². The number of aromatic nitrogens is 1. The average molecular weight is 343 g/mol. The van der Waals surface area contributed by atoms with E-state index in [2.05, 4.69) is 16.8 Å². The Morgan fingerprint density at radius 3 is 2.71 bits per heavy atom. The number of fused-ring (bicyclic) bond motifs is 1. The zero-order chi connectivity index (χ0) is 17.9. The highest BCUT2D eigenvalue weighted by Crippen LogP contribution is 2.22. The van der Waals surface area contributed by atoms with Gasteiger partial charge in [-0.15, -0.1) is 0 Å². The summed E-state index contributed by atoms with van der Waals surface area (Å²) in [5.74, 6) is 0. The van der Waals surface area contributed by atoms with Crippen LogP contribution >= 0.6 is 0 Å². The molecule has 2 N–H and O–H groups in total. The van der Waals surface area contributed by atoms with E-state index < -0.39 is 24.9 Å². The fraction of sp³-hybridized carbons (Fsp3) is 0.438. The summed E-state index contributed by atoms with van der Waals surface area (Å²) in [6, 6.07) is 6.50. The molecule has 0 saturated carbocycles. The Bertz CT molecular complexity index is 712. The lowest BCUT2D eigenvalue weighted by atomic mass is 10.2. The van der Waals surface area contributed by atoms with Crippen molar-refractivity contribution in [3.8, 4) is 0 Å². The van der Waals surface area contributed by atoms with Crippen LogP contribution in [-0.2, 0) is 6.54 Å². The molecule has 0 aliphatic rings. The molecule has 132 valence electrons. The molecular formula is C16H20F3N3O2. The first kappa shape index (κ1) is 18.1. The molecule has 0 bridgehead atoms. The molecule has 0 radical (unpaired) electrons. The molecule has 1 unspecified atom stereocenters. The number of alkyl halides is 3. The largest absolute Gasteiger partial charge is 0.416 e. The maximum absolute atomic E-state index is 12.3. The number of halogens is 3. The lowest BCUT2D eigenvalue weighted by molar-refractivity contribution is -0.205. The zero-order valence-electron chi connectivity index (χ0n) is 13.5. The lowest BCUT2D eigenvalue weighted by Crippen LogP contribution is -2.43. The second kappa shape index (κ2) is 7.12. The summed E-state index contributed by atoms with van der Waals surface area (Å²) >= 11 is 0. The van der Waals surface area contributed by atoms with E-state index in [1.165, 1.54) is 7.05 Å². The van der Waals surface area contributed by atoms with Gasteiger partial charge in [0, 0.05) is 36.4 Å². The Morgan fingerprint density at radius 1 is 1.38 bits per heavy atom. The van der Waals surface area contributed by atoms with E-state index >= 15 is 0 Å². The fourth-order valence-corrected chi connectivity index (χ4v) is 2.38. The van der Waals surface area contributed by atoms with Crippen molar-refractivity contribution >= 4 is 22.6 Å². The summed E-state index contributed by atoms with van der Waals surface area (Å²) < 4.78 is 39.1. The van der Waals surface area contributed by atoms with Gasteiger partial charge in [-0.1, -0.05) is 6.92 Å². The predicted molar refractivity (Wildman–Crippen MR) is 85.9 cm³/mol. The minimum atomic E-state index is -4.75. The monoisotopic (exact) mass is 343 g/mol. The van der Waals surface area contributed by atoms with Crippen LogP contribution in [0.4, 0.5) is 23.7 Å². The molecule has 2 rings (SSSR count). The smallest absolute Gasteiger partial charge is 0.382 e. The molecule has 1 aromatic carbocycles. The van der Waals surface area contributed by atoms with Gasteiger partial charge in [-0.3, -0.25) is 0 Å². The van der Waals surface area contributed by atoms with Crippen LogP contribution in [0.2, 0.25) is 0 Å². The number of likely N-dealkylation sites (N-methyl/N-ethyl adjacent to an activating group) is 1. The topological polar surface area (TPSA) is 57.5 Å². The number of nitrogens with zero attached hydrogens (tertiary/aromatic N) is 2. The lowest BCUT2D eigenvalue weighted by Gasteiger charge is -2.22. The van der Waals surface area contributed by atoms with Crippen LogP contribution in [0.3, 0.4) is 0 Å². The van der Waals surface area contributed by atoms with E-state index in [1.807, 2.05) is 18.3 Å². The first-order valence-corrected chi connectivity index (χ1v) is 7.58. The number of aliphatic hydroxyl groups excluding tert-OH is 1. The van der Waals surface area contributed by atoms with Gasteiger partial charge in [-0.2, -0.15) is 13.2 Å². The molecule has 5 nitrogen and oxygen atoms in total. The first-order chi connectivity index (χ1) is 11.2. The van der Waals surface area contributed by atoms with Crippen LogP contribution in [0.5, 0.6) is 0 Å². The molecule has 0 aliphatic heterocycles. The van der Waals surface area contributed by atoms with E-state index in [0.29, 0.717) is 5.69 Å². The molecule has 1 aromatic heterocycles. The third kappa shape index (κ3) is 4.19. The van der Waals surface area contributed by atoms with E-state index in [4.69, 9.17) is 5.11 Å². The van der Waals surface area contributed by atoms with E-state index in [0.717, 1.165) is 28.8 Å². The fourth-order valence-electron chi connectivity index (χ4n) is 2.38. The molecule has 2 amide bonds. The number of carbonyl (C=O) groups excluding carboxylic acids is 1. The number of amides is 2. The Hall–Kier alpha value is -2.22. The second-order valence-electron chi connectivity index (χ2n) is 5.65. The molecule has 0 fully saturated rings. The Morgan fingerprint density at radius 2 is 2.08 bits per heavy atom. The summed E-state index contributed by atoms with van der Waals surface area (Å²) in [6.45, 7) is 2.13. The number of aryl methyl sites for hydroxylation is 1. The Balaban J connectivity index is 2.05. The standard InChI is InChI=1S/C16H20F3N3O2/c1-3-7-22-8-6-11-9-12(4-5-13(11)22)20-15(24)21(2)10-14(23)16(17,18)19/h4-6,8-9,14,23H,3,7,10H2,1-2H3,(H,20,24). The number of carbonyl (C=O) groups is 1. The maximum Gasteiger partial charge on any atom is 0.416 e. The minimum Gasteiger partial charge on any atom is -0.382 e. The number of hydrogen-bond donors (Lipinski definition) is 2. The molecule has 0 spiro atoms. The Labute approximate surface area is 137 Å². The Kier molecular flexibility index (Phi) is 5.38. The number of benzene rings is 1. The van der Waals surface area contributed by atoms with E-state index in [9.17, 15) is 18.0 Å². The van der Waals surface area contributed by atoms with Gasteiger partial charge < -0.3 is 19.9 Å². The first-order valence-electron chi connectivity index (χ1n) is 7.58. The average Bonchev–Trinajstić information content (AvgIpc) is 2.89. The third-order valence-corrected chi connectivity index (χ3v) is 3.66. The van der Waals surface area contributed by atoms with Crippen molar-refractivity contribution in [3.63, 3.8) is 0 Å². The van der Waals surface area contributed by atoms with Gasteiger partial charge in [0.2, 0.25) is 0 Å². The van der Waals surface area contributed by atoms with E-state index in [1.54, 1.807) is 12.1 Å². The molecule has 0 saturated heterocycles. The molecular weight excluding hydrogens is 323 g/mol. The van der Waals surface area contributed by atoms with Crippen molar-refractivity contribution in [3.05, 3.63) is 30.5 Å². The van der Waals surface area contributed by atoms with Crippen molar-refractivity contribution in [2.24, 2.45) is 0 Å². The number of anilines is 1. The van der Waals surface area contributed by atoms with Crippen LogP contribution in [0.15, 0.2) is 30.5 Å². The van der Waals surface area contributed by atoms with Crippen LogP contribution < -0.4 is 5.32 Å². The van der Waals surface area contributed by atoms with Crippen LogP contribution in [0.1, 0.15) is 13.3 Å². The maximum atomic E-state index is 12.3. The SMILES string of the molecule is CCCn1ccc2cc(NC(=O)N(C)CC(O)C(F)(F)F)ccc21. The minimum absolute atomic E-state index is 0.482. The van der Waals surface area contributed by atoms with E-state index in [-0.39, 0.29) is 0 Å². The van der Waals surface area contributed by atoms with Crippen molar-refractivity contribution < 1.29 is 23.1 Å². The summed E-state index contributed by atoms with van der Waals surface area (Å²) in [4.78, 5) is 12.7. The molecule has 24 heavy (non-hydrogen) atoms. The highest BCUT2D eigenvalue weighted by atomic mass is 19.4.